The maximum absolute atomic E-state index is 13.5. The Morgan fingerprint density at radius 3 is 2.64 bits per heavy atom. The average Bonchev–Trinajstić information content (AvgIpc) is 2.98. The van der Waals surface area contributed by atoms with Crippen molar-refractivity contribution >= 4 is 22.6 Å². The van der Waals surface area contributed by atoms with Gasteiger partial charge in [-0.3, -0.25) is 4.79 Å². The fraction of sp³-hybridized carbons (Fsp3) is 0.450. The third kappa shape index (κ3) is 3.46. The molecule has 148 valence electrons. The van der Waals surface area contributed by atoms with E-state index in [1.165, 1.54) is 16.6 Å². The second-order valence-corrected chi connectivity index (χ2v) is 8.23. The van der Waals surface area contributed by atoms with Gasteiger partial charge in [0.15, 0.2) is 0 Å². The van der Waals surface area contributed by atoms with E-state index in [-0.39, 0.29) is 17.6 Å². The molecule has 8 heteroatoms. The number of H-pyrrole nitrogens is 1. The lowest BCUT2D eigenvalue weighted by molar-refractivity contribution is 0.0204. The van der Waals surface area contributed by atoms with E-state index < -0.39 is 11.4 Å². The normalized spacial score (nSPS) is 16.1. The standard InChI is InChI=1S/C20H23FN4O3/c1-20(2,3)28-19(27)24-8-6-12(7-9-24)15-11-17(26)25-18(22-15)14-5-4-13(21)10-16(14)23-25/h4-5,10-12,22H,6-9H2,1-3H3. The van der Waals surface area contributed by atoms with Crippen molar-refractivity contribution in [3.63, 3.8) is 0 Å². The molecule has 0 saturated carbocycles. The summed E-state index contributed by atoms with van der Waals surface area (Å²) in [4.78, 5) is 29.8. The summed E-state index contributed by atoms with van der Waals surface area (Å²) < 4.78 is 20.2. The van der Waals surface area contributed by atoms with Gasteiger partial charge in [-0.2, -0.15) is 9.61 Å². The Balaban J connectivity index is 1.58. The van der Waals surface area contributed by atoms with Gasteiger partial charge in [0, 0.05) is 42.2 Å². The molecule has 1 saturated heterocycles. The highest BCUT2D eigenvalue weighted by Gasteiger charge is 2.28. The van der Waals surface area contributed by atoms with Crippen LogP contribution in [0.15, 0.2) is 29.1 Å². The predicted octanol–water partition coefficient (Wildman–Crippen LogP) is 3.43. The summed E-state index contributed by atoms with van der Waals surface area (Å²) in [6.45, 7) is 6.67. The van der Waals surface area contributed by atoms with Gasteiger partial charge < -0.3 is 14.6 Å². The topological polar surface area (TPSA) is 79.7 Å². The second-order valence-electron chi connectivity index (χ2n) is 8.23. The van der Waals surface area contributed by atoms with Crippen LogP contribution in [-0.2, 0) is 4.74 Å². The van der Waals surface area contributed by atoms with E-state index in [0.29, 0.717) is 29.6 Å². The van der Waals surface area contributed by atoms with Crippen LogP contribution in [0.1, 0.15) is 45.2 Å². The highest BCUT2D eigenvalue weighted by atomic mass is 19.1. The number of halogens is 1. The average molecular weight is 386 g/mol. The minimum atomic E-state index is -0.521. The van der Waals surface area contributed by atoms with Crippen LogP contribution in [-0.4, -0.2) is 44.3 Å². The molecule has 1 aliphatic heterocycles. The Bertz CT molecular complexity index is 1100. The fourth-order valence-electron chi connectivity index (χ4n) is 3.63. The number of piperidine rings is 1. The lowest BCUT2D eigenvalue weighted by Crippen LogP contribution is -2.41. The van der Waals surface area contributed by atoms with Gasteiger partial charge in [0.1, 0.15) is 17.1 Å². The van der Waals surface area contributed by atoms with Crippen molar-refractivity contribution in [1.82, 2.24) is 19.5 Å². The fourth-order valence-corrected chi connectivity index (χ4v) is 3.63. The molecule has 3 aromatic rings. The largest absolute Gasteiger partial charge is 0.444 e. The van der Waals surface area contributed by atoms with E-state index in [0.717, 1.165) is 18.5 Å². The second kappa shape index (κ2) is 6.61. The number of nitrogens with one attached hydrogen (secondary N) is 1. The molecule has 2 aromatic heterocycles. The first-order valence-electron chi connectivity index (χ1n) is 9.40. The summed E-state index contributed by atoms with van der Waals surface area (Å²) in [5, 5.41) is 4.90. The number of carbonyl (C=O) groups excluding carboxylic acids is 1. The first kappa shape index (κ1) is 18.5. The van der Waals surface area contributed by atoms with Crippen molar-refractivity contribution in [2.75, 3.05) is 13.1 Å². The van der Waals surface area contributed by atoms with E-state index in [2.05, 4.69) is 10.1 Å². The number of carbonyl (C=O) groups is 1. The third-order valence-electron chi connectivity index (χ3n) is 4.97. The van der Waals surface area contributed by atoms with Gasteiger partial charge >= 0.3 is 6.09 Å². The van der Waals surface area contributed by atoms with Crippen LogP contribution in [0.3, 0.4) is 0 Å². The maximum Gasteiger partial charge on any atom is 0.410 e. The number of nitrogens with zero attached hydrogens (tertiary/aromatic N) is 3. The van der Waals surface area contributed by atoms with E-state index in [1.54, 1.807) is 17.0 Å². The molecule has 0 radical (unpaired) electrons. The van der Waals surface area contributed by atoms with E-state index in [4.69, 9.17) is 4.74 Å². The van der Waals surface area contributed by atoms with E-state index in [9.17, 15) is 14.0 Å². The number of aromatic amines is 1. The van der Waals surface area contributed by atoms with Crippen LogP contribution < -0.4 is 5.56 Å². The van der Waals surface area contributed by atoms with Gasteiger partial charge in [-0.1, -0.05) is 0 Å². The molecule has 28 heavy (non-hydrogen) atoms. The minimum Gasteiger partial charge on any atom is -0.444 e. The van der Waals surface area contributed by atoms with Gasteiger partial charge in [-0.15, -0.1) is 0 Å². The lowest BCUT2D eigenvalue weighted by atomic mass is 9.93. The lowest BCUT2D eigenvalue weighted by Gasteiger charge is -2.33. The number of aromatic nitrogens is 3. The number of hydrogen-bond acceptors (Lipinski definition) is 4. The molecule has 1 N–H and O–H groups in total. The zero-order chi connectivity index (χ0) is 20.1. The number of hydrogen-bond donors (Lipinski definition) is 1. The number of amides is 1. The summed E-state index contributed by atoms with van der Waals surface area (Å²) in [5.41, 5.74) is 1.03. The van der Waals surface area contributed by atoms with Crippen molar-refractivity contribution in [3.05, 3.63) is 46.1 Å². The summed E-state index contributed by atoms with van der Waals surface area (Å²) in [5.74, 6) is -0.264. The van der Waals surface area contributed by atoms with Crippen molar-refractivity contribution in [2.24, 2.45) is 0 Å². The van der Waals surface area contributed by atoms with E-state index >= 15 is 0 Å². The monoisotopic (exact) mass is 386 g/mol. The molecule has 0 aliphatic carbocycles. The molecular formula is C20H23FN4O3. The van der Waals surface area contributed by atoms with Gasteiger partial charge in [-0.25, -0.2) is 9.18 Å². The Hall–Kier alpha value is -2.90. The number of fused-ring (bicyclic) bond motifs is 3. The Labute approximate surface area is 161 Å². The van der Waals surface area contributed by atoms with E-state index in [1.807, 2.05) is 20.8 Å². The SMILES string of the molecule is CC(C)(C)OC(=O)N1CCC(c2cc(=O)n3nc4cc(F)ccc4c3[nH]2)CC1. The summed E-state index contributed by atoms with van der Waals surface area (Å²) in [6, 6.07) is 5.84. The summed E-state index contributed by atoms with van der Waals surface area (Å²) in [6.07, 6.45) is 1.15. The summed E-state index contributed by atoms with van der Waals surface area (Å²) in [7, 11) is 0. The van der Waals surface area contributed by atoms with Crippen LogP contribution >= 0.6 is 0 Å². The molecule has 0 unspecified atom stereocenters. The molecular weight excluding hydrogens is 363 g/mol. The Morgan fingerprint density at radius 1 is 1.25 bits per heavy atom. The minimum absolute atomic E-state index is 0.127. The van der Waals surface area contributed by atoms with Gasteiger partial charge in [-0.05, 0) is 45.7 Å². The Morgan fingerprint density at radius 2 is 1.96 bits per heavy atom. The van der Waals surface area contributed by atoms with Crippen molar-refractivity contribution in [2.45, 2.75) is 45.1 Å². The van der Waals surface area contributed by atoms with Gasteiger partial charge in [0.25, 0.3) is 5.56 Å². The first-order chi connectivity index (χ1) is 13.2. The number of likely N-dealkylation sites (tertiary alicyclic amines) is 1. The predicted molar refractivity (Wildman–Crippen MR) is 103 cm³/mol. The molecule has 0 bridgehead atoms. The van der Waals surface area contributed by atoms with Crippen LogP contribution in [0.5, 0.6) is 0 Å². The highest BCUT2D eigenvalue weighted by Crippen LogP contribution is 2.28. The van der Waals surface area contributed by atoms with Crippen LogP contribution in [0.4, 0.5) is 9.18 Å². The smallest absolute Gasteiger partial charge is 0.410 e. The van der Waals surface area contributed by atoms with Crippen LogP contribution in [0.2, 0.25) is 0 Å². The molecule has 1 amide bonds. The first-order valence-corrected chi connectivity index (χ1v) is 9.40. The van der Waals surface area contributed by atoms with Crippen molar-refractivity contribution in [1.29, 1.82) is 0 Å². The highest BCUT2D eigenvalue weighted by molar-refractivity contribution is 5.91. The van der Waals surface area contributed by atoms with Gasteiger partial charge in [0.2, 0.25) is 0 Å². The van der Waals surface area contributed by atoms with Crippen LogP contribution in [0, 0.1) is 5.82 Å². The number of ether oxygens (including phenoxy) is 1. The van der Waals surface area contributed by atoms with Crippen molar-refractivity contribution in [3.8, 4) is 0 Å². The molecule has 7 nitrogen and oxygen atoms in total. The third-order valence-corrected chi connectivity index (χ3v) is 4.97. The van der Waals surface area contributed by atoms with Crippen LogP contribution in [0.25, 0.3) is 16.6 Å². The van der Waals surface area contributed by atoms with Crippen molar-refractivity contribution < 1.29 is 13.9 Å². The Kier molecular flexibility index (Phi) is 4.36. The molecule has 0 spiro atoms. The molecule has 4 rings (SSSR count). The number of benzene rings is 1. The molecule has 0 atom stereocenters. The molecule has 1 aromatic carbocycles. The molecule has 1 fully saturated rings. The summed E-state index contributed by atoms with van der Waals surface area (Å²) >= 11 is 0. The quantitative estimate of drug-likeness (QED) is 0.695. The van der Waals surface area contributed by atoms with Gasteiger partial charge in [0.05, 0.1) is 5.52 Å². The zero-order valence-electron chi connectivity index (χ0n) is 16.2. The molecule has 3 heterocycles. The number of rotatable bonds is 1. The maximum atomic E-state index is 13.5. The molecule has 1 aliphatic rings. The zero-order valence-corrected chi connectivity index (χ0v) is 16.2.